The molecular formula is C14H26O9. The molecule has 10 atom stereocenters. The minimum Gasteiger partial charge on any atom is -0.394 e. The van der Waals surface area contributed by atoms with Crippen LogP contribution in [0.5, 0.6) is 0 Å². The van der Waals surface area contributed by atoms with Crippen molar-refractivity contribution in [3.05, 3.63) is 0 Å². The van der Waals surface area contributed by atoms with Crippen molar-refractivity contribution in [1.82, 2.24) is 0 Å². The van der Waals surface area contributed by atoms with E-state index in [9.17, 15) is 35.7 Å². The predicted molar refractivity (Wildman–Crippen MR) is 75.3 cm³/mol. The molecule has 0 aliphatic carbocycles. The van der Waals surface area contributed by atoms with Gasteiger partial charge in [-0.25, -0.2) is 0 Å². The van der Waals surface area contributed by atoms with E-state index in [4.69, 9.17) is 9.47 Å². The van der Waals surface area contributed by atoms with Gasteiger partial charge in [0.15, 0.2) is 0 Å². The molecule has 0 amide bonds. The molecule has 0 aromatic carbocycles. The second-order valence-corrected chi connectivity index (χ2v) is 6.34. The molecule has 0 aromatic heterocycles. The van der Waals surface area contributed by atoms with Crippen molar-refractivity contribution in [3.8, 4) is 0 Å². The van der Waals surface area contributed by atoms with Gasteiger partial charge in [0.05, 0.1) is 37.6 Å². The normalized spacial score (nSPS) is 51.7. The molecule has 23 heavy (non-hydrogen) atoms. The second-order valence-electron chi connectivity index (χ2n) is 6.34. The Kier molecular flexibility index (Phi) is 6.34. The van der Waals surface area contributed by atoms with Crippen LogP contribution in [0.15, 0.2) is 0 Å². The first-order chi connectivity index (χ1) is 10.8. The number of aliphatic hydroxyl groups excluding tert-OH is 7. The number of aliphatic hydroxyl groups is 7. The van der Waals surface area contributed by atoms with Gasteiger partial charge in [-0.3, -0.25) is 0 Å². The van der Waals surface area contributed by atoms with Gasteiger partial charge in [0.25, 0.3) is 0 Å². The molecule has 7 N–H and O–H groups in total. The molecule has 2 aliphatic heterocycles. The Labute approximate surface area is 133 Å². The molecule has 2 rings (SSSR count). The van der Waals surface area contributed by atoms with Crippen molar-refractivity contribution in [1.29, 1.82) is 0 Å². The van der Waals surface area contributed by atoms with E-state index in [1.807, 2.05) is 0 Å². The fourth-order valence-electron chi connectivity index (χ4n) is 3.21. The SMILES string of the molecule is C[C@H]1[C@H](O)[C@@H](CO)O[C@H](C[C@H]2O[C@H](CO)[C@@H](O)[C@H](O)[C@@H]2O)[C@H]1O. The Balaban J connectivity index is 2.07. The van der Waals surface area contributed by atoms with Gasteiger partial charge >= 0.3 is 0 Å². The summed E-state index contributed by atoms with van der Waals surface area (Å²) >= 11 is 0. The van der Waals surface area contributed by atoms with Gasteiger partial charge in [0.2, 0.25) is 0 Å². The summed E-state index contributed by atoms with van der Waals surface area (Å²) in [6, 6.07) is 0. The van der Waals surface area contributed by atoms with Crippen molar-refractivity contribution in [2.75, 3.05) is 13.2 Å². The van der Waals surface area contributed by atoms with Crippen LogP contribution in [0, 0.1) is 5.92 Å². The minimum atomic E-state index is -1.50. The molecule has 9 heteroatoms. The molecule has 0 spiro atoms. The molecule has 136 valence electrons. The topological polar surface area (TPSA) is 160 Å². The Morgan fingerprint density at radius 2 is 1.00 bits per heavy atom. The standard InChI is InChI=1S/C14H26O9/c1-5-10(17)6(22-8(3-15)11(5)18)2-7-12(19)14(21)13(20)9(4-16)23-7/h5-21H,2-4H2,1H3/t5-,6-,7-,8-,9-,10+,11+,12-,13-,14-/m1/s1. The van der Waals surface area contributed by atoms with E-state index < -0.39 is 74.1 Å². The quantitative estimate of drug-likeness (QED) is 0.274. The van der Waals surface area contributed by atoms with Crippen LogP contribution in [0.1, 0.15) is 13.3 Å². The maximum atomic E-state index is 10.2. The monoisotopic (exact) mass is 338 g/mol. The summed E-state index contributed by atoms with van der Waals surface area (Å²) in [6.07, 6.45) is -10.2. The number of hydrogen-bond donors (Lipinski definition) is 7. The number of ether oxygens (including phenoxy) is 2. The Hall–Kier alpha value is -0.360. The average molecular weight is 338 g/mol. The lowest BCUT2D eigenvalue weighted by Gasteiger charge is -2.45. The summed E-state index contributed by atoms with van der Waals surface area (Å²) in [5.41, 5.74) is 0. The Morgan fingerprint density at radius 3 is 1.52 bits per heavy atom. The first-order valence-electron chi connectivity index (χ1n) is 7.74. The molecule has 9 nitrogen and oxygen atoms in total. The molecule has 2 aliphatic rings. The first kappa shape index (κ1) is 19.0. The van der Waals surface area contributed by atoms with Crippen molar-refractivity contribution in [3.63, 3.8) is 0 Å². The van der Waals surface area contributed by atoms with Crippen molar-refractivity contribution < 1.29 is 45.2 Å². The zero-order valence-electron chi connectivity index (χ0n) is 12.8. The van der Waals surface area contributed by atoms with Gasteiger partial charge in [-0.05, 0) is 0 Å². The summed E-state index contributed by atoms with van der Waals surface area (Å²) in [4.78, 5) is 0. The van der Waals surface area contributed by atoms with Crippen LogP contribution < -0.4 is 0 Å². The summed E-state index contributed by atoms with van der Waals surface area (Å²) in [5, 5.41) is 68.1. The number of rotatable bonds is 4. The fourth-order valence-corrected chi connectivity index (χ4v) is 3.21. The number of hydrogen-bond acceptors (Lipinski definition) is 9. The molecule has 2 saturated heterocycles. The smallest absolute Gasteiger partial charge is 0.111 e. The van der Waals surface area contributed by atoms with E-state index >= 15 is 0 Å². The molecule has 0 bridgehead atoms. The molecule has 0 aromatic rings. The highest BCUT2D eigenvalue weighted by Gasteiger charge is 2.47. The predicted octanol–water partition coefficient (Wildman–Crippen LogP) is -3.66. The van der Waals surface area contributed by atoms with Crippen LogP contribution in [0.4, 0.5) is 0 Å². The third kappa shape index (κ3) is 3.68. The molecule has 0 unspecified atom stereocenters. The lowest BCUT2D eigenvalue weighted by molar-refractivity contribution is -0.254. The van der Waals surface area contributed by atoms with Crippen LogP contribution in [0.3, 0.4) is 0 Å². The van der Waals surface area contributed by atoms with Crippen molar-refractivity contribution >= 4 is 0 Å². The summed E-state index contributed by atoms with van der Waals surface area (Å²) in [5.74, 6) is -0.559. The van der Waals surface area contributed by atoms with Gasteiger partial charge in [0, 0.05) is 12.3 Å². The van der Waals surface area contributed by atoms with Crippen molar-refractivity contribution in [2.24, 2.45) is 5.92 Å². The van der Waals surface area contributed by atoms with Gasteiger partial charge in [0.1, 0.15) is 30.5 Å². The van der Waals surface area contributed by atoms with Crippen LogP contribution in [-0.4, -0.2) is 104 Å². The third-order valence-corrected chi connectivity index (χ3v) is 4.82. The first-order valence-corrected chi connectivity index (χ1v) is 7.74. The fraction of sp³-hybridized carbons (Fsp3) is 1.00. The lowest BCUT2D eigenvalue weighted by Crippen LogP contribution is -2.61. The summed E-state index contributed by atoms with van der Waals surface area (Å²) in [7, 11) is 0. The van der Waals surface area contributed by atoms with Crippen LogP contribution >= 0.6 is 0 Å². The van der Waals surface area contributed by atoms with E-state index in [-0.39, 0.29) is 6.42 Å². The van der Waals surface area contributed by atoms with Crippen molar-refractivity contribution in [2.45, 2.75) is 68.3 Å². The maximum Gasteiger partial charge on any atom is 0.111 e. The zero-order valence-corrected chi connectivity index (χ0v) is 12.8. The summed E-state index contributed by atoms with van der Waals surface area (Å²) < 4.78 is 10.9. The molecule has 0 radical (unpaired) electrons. The third-order valence-electron chi connectivity index (χ3n) is 4.82. The minimum absolute atomic E-state index is 0.0316. The van der Waals surface area contributed by atoms with E-state index in [1.54, 1.807) is 6.92 Å². The maximum absolute atomic E-state index is 10.2. The van der Waals surface area contributed by atoms with E-state index in [0.717, 1.165) is 0 Å². The average Bonchev–Trinajstić information content (AvgIpc) is 2.55. The second kappa shape index (κ2) is 7.68. The van der Waals surface area contributed by atoms with Gasteiger partial charge in [-0.1, -0.05) is 6.92 Å². The van der Waals surface area contributed by atoms with Crippen LogP contribution in [-0.2, 0) is 9.47 Å². The Bertz CT molecular complexity index is 343. The lowest BCUT2D eigenvalue weighted by atomic mass is 9.84. The van der Waals surface area contributed by atoms with E-state index in [2.05, 4.69) is 0 Å². The molecule has 0 saturated carbocycles. The van der Waals surface area contributed by atoms with Gasteiger partial charge < -0.3 is 45.2 Å². The van der Waals surface area contributed by atoms with Crippen LogP contribution in [0.25, 0.3) is 0 Å². The molecular weight excluding hydrogens is 312 g/mol. The zero-order chi connectivity index (χ0) is 17.3. The largest absolute Gasteiger partial charge is 0.394 e. The van der Waals surface area contributed by atoms with E-state index in [0.29, 0.717) is 0 Å². The summed E-state index contributed by atoms with van der Waals surface area (Å²) in [6.45, 7) is 0.647. The van der Waals surface area contributed by atoms with Gasteiger partial charge in [-0.15, -0.1) is 0 Å². The molecule has 2 fully saturated rings. The van der Waals surface area contributed by atoms with E-state index in [1.165, 1.54) is 0 Å². The highest BCUT2D eigenvalue weighted by atomic mass is 16.6. The highest BCUT2D eigenvalue weighted by Crippen LogP contribution is 2.31. The van der Waals surface area contributed by atoms with Crippen LogP contribution in [0.2, 0.25) is 0 Å². The molecule has 2 heterocycles. The Morgan fingerprint density at radius 1 is 0.609 bits per heavy atom. The van der Waals surface area contributed by atoms with Gasteiger partial charge in [-0.2, -0.15) is 0 Å². The highest BCUT2D eigenvalue weighted by molar-refractivity contribution is 4.96.